The summed E-state index contributed by atoms with van der Waals surface area (Å²) in [7, 11) is 0. The normalized spacial score (nSPS) is 22.6. The summed E-state index contributed by atoms with van der Waals surface area (Å²) < 4.78 is 16.2. The Balaban J connectivity index is 1.31. The van der Waals surface area contributed by atoms with Gasteiger partial charge < -0.3 is 35.9 Å². The smallest absolute Gasteiger partial charge is 0.315 e. The summed E-state index contributed by atoms with van der Waals surface area (Å²) in [5.74, 6) is 1.08. The van der Waals surface area contributed by atoms with Crippen molar-refractivity contribution in [2.75, 3.05) is 58.5 Å². The van der Waals surface area contributed by atoms with E-state index in [4.69, 9.17) is 19.9 Å². The van der Waals surface area contributed by atoms with Crippen molar-refractivity contribution in [2.45, 2.75) is 55.9 Å². The zero-order valence-corrected chi connectivity index (χ0v) is 18.7. The Morgan fingerprint density at radius 3 is 2.43 bits per heavy atom. The second-order valence-electron chi connectivity index (χ2n) is 7.55. The number of thioether (sulfide) groups is 1. The van der Waals surface area contributed by atoms with Crippen molar-refractivity contribution >= 4 is 23.7 Å². The highest BCUT2D eigenvalue weighted by Crippen LogP contribution is 2.33. The van der Waals surface area contributed by atoms with Gasteiger partial charge in [0.15, 0.2) is 0 Å². The average molecular weight is 447 g/mol. The summed E-state index contributed by atoms with van der Waals surface area (Å²) in [5.41, 5.74) is 5.38. The van der Waals surface area contributed by atoms with E-state index < -0.39 is 0 Å². The highest BCUT2D eigenvalue weighted by molar-refractivity contribution is 8.00. The van der Waals surface area contributed by atoms with Gasteiger partial charge in [0.2, 0.25) is 5.91 Å². The molecule has 0 aromatic carbocycles. The van der Waals surface area contributed by atoms with E-state index in [0.717, 1.165) is 37.9 Å². The number of carbonyl (C=O) groups is 2. The molecule has 1 unspecified atom stereocenters. The van der Waals surface area contributed by atoms with Gasteiger partial charge in [-0.15, -0.1) is 0 Å². The number of nitrogens with two attached hydrogens (primary N) is 1. The molecular weight excluding hydrogens is 408 g/mol. The lowest BCUT2D eigenvalue weighted by atomic mass is 10.0. The molecule has 9 nitrogen and oxygen atoms in total. The molecule has 0 spiro atoms. The first-order valence-electron chi connectivity index (χ1n) is 11.1. The van der Waals surface area contributed by atoms with Crippen LogP contribution in [0.4, 0.5) is 4.79 Å². The standard InChI is InChI=1S/C20H38N4O5S/c21-7-3-9-27-11-13-29-14-12-28-10-4-8-22-18(25)6-2-1-5-17-19-16(15-30-17)23-20(26)24-19/h16-17,19H,1-15,21H2,(H,22,25)(H2,23,24,26)/t16-,17?,19-/m0/s1. The molecule has 174 valence electrons. The summed E-state index contributed by atoms with van der Waals surface area (Å²) >= 11 is 1.92. The maximum atomic E-state index is 11.9. The fourth-order valence-electron chi connectivity index (χ4n) is 3.49. The highest BCUT2D eigenvalue weighted by Gasteiger charge is 2.42. The molecule has 2 aliphatic rings. The lowest BCUT2D eigenvalue weighted by molar-refractivity contribution is -0.121. The summed E-state index contributed by atoms with van der Waals surface area (Å²) in [6.07, 6.45) is 5.15. The molecule has 2 aliphatic heterocycles. The third-order valence-electron chi connectivity index (χ3n) is 5.11. The highest BCUT2D eigenvalue weighted by atomic mass is 32.2. The summed E-state index contributed by atoms with van der Waals surface area (Å²) in [4.78, 5) is 23.3. The molecule has 0 aliphatic carbocycles. The van der Waals surface area contributed by atoms with E-state index in [2.05, 4.69) is 16.0 Å². The lowest BCUT2D eigenvalue weighted by Crippen LogP contribution is -2.36. The number of hydrogen-bond acceptors (Lipinski definition) is 7. The summed E-state index contributed by atoms with van der Waals surface area (Å²) in [5, 5.41) is 9.36. The Morgan fingerprint density at radius 1 is 1.00 bits per heavy atom. The van der Waals surface area contributed by atoms with Crippen LogP contribution in [-0.2, 0) is 19.0 Å². The molecule has 2 saturated heterocycles. The first-order chi connectivity index (χ1) is 14.7. The molecule has 5 N–H and O–H groups in total. The average Bonchev–Trinajstić information content (AvgIpc) is 3.28. The van der Waals surface area contributed by atoms with Crippen LogP contribution in [0.15, 0.2) is 0 Å². The minimum absolute atomic E-state index is 0.0464. The van der Waals surface area contributed by atoms with Gasteiger partial charge in [-0.2, -0.15) is 11.8 Å². The topological polar surface area (TPSA) is 124 Å². The van der Waals surface area contributed by atoms with Crippen LogP contribution in [0.1, 0.15) is 38.5 Å². The van der Waals surface area contributed by atoms with Crippen LogP contribution in [0, 0.1) is 0 Å². The maximum absolute atomic E-state index is 11.9. The van der Waals surface area contributed by atoms with Gasteiger partial charge in [0.25, 0.3) is 0 Å². The fourth-order valence-corrected chi connectivity index (χ4v) is 5.04. The molecule has 0 bridgehead atoms. The third kappa shape index (κ3) is 10.3. The van der Waals surface area contributed by atoms with E-state index >= 15 is 0 Å². The first-order valence-corrected chi connectivity index (χ1v) is 12.1. The molecule has 2 rings (SSSR count). The molecule has 3 amide bonds. The van der Waals surface area contributed by atoms with Gasteiger partial charge in [0.05, 0.1) is 38.5 Å². The van der Waals surface area contributed by atoms with Gasteiger partial charge in [0.1, 0.15) is 0 Å². The van der Waals surface area contributed by atoms with Crippen LogP contribution in [-0.4, -0.2) is 87.8 Å². The van der Waals surface area contributed by atoms with Crippen molar-refractivity contribution < 1.29 is 23.8 Å². The SMILES string of the molecule is NCCCOCCOCCOCCCNC(=O)CCCCC1SC[C@@H]2NC(=O)N[C@H]12. The van der Waals surface area contributed by atoms with Crippen molar-refractivity contribution in [1.29, 1.82) is 0 Å². The van der Waals surface area contributed by atoms with Crippen LogP contribution >= 0.6 is 11.8 Å². The van der Waals surface area contributed by atoms with Crippen LogP contribution < -0.4 is 21.7 Å². The van der Waals surface area contributed by atoms with Crippen molar-refractivity contribution in [3.05, 3.63) is 0 Å². The molecule has 3 atom stereocenters. The third-order valence-corrected chi connectivity index (χ3v) is 6.61. The van der Waals surface area contributed by atoms with Crippen LogP contribution in [0.5, 0.6) is 0 Å². The fraction of sp³-hybridized carbons (Fsp3) is 0.900. The van der Waals surface area contributed by atoms with Crippen LogP contribution in [0.3, 0.4) is 0 Å². The number of amides is 3. The van der Waals surface area contributed by atoms with Gasteiger partial charge >= 0.3 is 6.03 Å². The number of unbranched alkanes of at least 4 members (excludes halogenated alkanes) is 1. The van der Waals surface area contributed by atoms with Crippen LogP contribution in [0.2, 0.25) is 0 Å². The Morgan fingerprint density at radius 2 is 1.70 bits per heavy atom. The predicted octanol–water partition coefficient (Wildman–Crippen LogP) is 0.617. The van der Waals surface area contributed by atoms with Gasteiger partial charge in [0, 0.05) is 37.2 Å². The van der Waals surface area contributed by atoms with Crippen molar-refractivity contribution in [3.8, 4) is 0 Å². The quantitative estimate of drug-likeness (QED) is 0.180. The van der Waals surface area contributed by atoms with Gasteiger partial charge in [-0.1, -0.05) is 6.42 Å². The summed E-state index contributed by atoms with van der Waals surface area (Å²) in [6.45, 7) is 4.82. The van der Waals surface area contributed by atoms with E-state index in [1.165, 1.54) is 0 Å². The number of ether oxygens (including phenoxy) is 3. The van der Waals surface area contributed by atoms with Crippen molar-refractivity contribution in [3.63, 3.8) is 0 Å². The first kappa shape index (κ1) is 25.2. The molecule has 2 fully saturated rings. The predicted molar refractivity (Wildman–Crippen MR) is 118 cm³/mol. The van der Waals surface area contributed by atoms with E-state index in [-0.39, 0.29) is 24.0 Å². The largest absolute Gasteiger partial charge is 0.379 e. The Bertz CT molecular complexity index is 500. The summed E-state index contributed by atoms with van der Waals surface area (Å²) in [6, 6.07) is 0.469. The van der Waals surface area contributed by atoms with Gasteiger partial charge in [-0.25, -0.2) is 4.79 Å². The lowest BCUT2D eigenvalue weighted by Gasteiger charge is -2.16. The van der Waals surface area contributed by atoms with Gasteiger partial charge in [-0.05, 0) is 32.2 Å². The molecule has 0 saturated carbocycles. The molecule has 10 heteroatoms. The van der Waals surface area contributed by atoms with E-state index in [0.29, 0.717) is 64.4 Å². The zero-order chi connectivity index (χ0) is 21.4. The second kappa shape index (κ2) is 15.7. The van der Waals surface area contributed by atoms with E-state index in [9.17, 15) is 9.59 Å². The number of rotatable bonds is 18. The molecule has 0 aromatic heterocycles. The van der Waals surface area contributed by atoms with Crippen molar-refractivity contribution in [1.82, 2.24) is 16.0 Å². The molecule has 2 heterocycles. The van der Waals surface area contributed by atoms with Crippen LogP contribution in [0.25, 0.3) is 0 Å². The number of nitrogens with one attached hydrogen (secondary N) is 3. The van der Waals surface area contributed by atoms with E-state index in [1.807, 2.05) is 11.8 Å². The number of urea groups is 1. The minimum atomic E-state index is -0.0464. The molecule has 0 aromatic rings. The Labute approximate surface area is 183 Å². The maximum Gasteiger partial charge on any atom is 0.315 e. The Hall–Kier alpha value is -1.07. The second-order valence-corrected chi connectivity index (χ2v) is 8.82. The Kier molecular flexibility index (Phi) is 13.2. The number of carbonyl (C=O) groups excluding carboxylic acids is 2. The zero-order valence-electron chi connectivity index (χ0n) is 17.9. The van der Waals surface area contributed by atoms with Crippen molar-refractivity contribution in [2.24, 2.45) is 5.73 Å². The number of hydrogen-bond donors (Lipinski definition) is 4. The molecule has 30 heavy (non-hydrogen) atoms. The monoisotopic (exact) mass is 446 g/mol. The minimum Gasteiger partial charge on any atom is -0.379 e. The van der Waals surface area contributed by atoms with Gasteiger partial charge in [-0.3, -0.25) is 4.79 Å². The molecule has 0 radical (unpaired) electrons. The number of fused-ring (bicyclic) bond motifs is 1. The molecular formula is C20H38N4O5S. The van der Waals surface area contributed by atoms with E-state index in [1.54, 1.807) is 0 Å².